The van der Waals surface area contributed by atoms with Crippen LogP contribution in [0, 0.1) is 0 Å². The van der Waals surface area contributed by atoms with Crippen molar-refractivity contribution in [2.45, 2.75) is 38.2 Å². The first kappa shape index (κ1) is 16.8. The molecule has 1 aliphatic rings. The van der Waals surface area contributed by atoms with Gasteiger partial charge in [-0.3, -0.25) is 0 Å². The first-order valence-electron chi connectivity index (χ1n) is 7.90. The van der Waals surface area contributed by atoms with Crippen LogP contribution in [0.3, 0.4) is 0 Å². The Balaban J connectivity index is 2.06. The molecular formula is C18H28N2O2. The van der Waals surface area contributed by atoms with Gasteiger partial charge in [0.05, 0.1) is 0 Å². The molecule has 1 amide bonds. The minimum Gasteiger partial charge on any atom is -0.444 e. The number of nitrogens with zero attached hydrogens (tertiary/aromatic N) is 2. The van der Waals surface area contributed by atoms with Crippen molar-refractivity contribution in [1.82, 2.24) is 9.80 Å². The van der Waals surface area contributed by atoms with E-state index in [0.717, 1.165) is 26.1 Å². The van der Waals surface area contributed by atoms with Gasteiger partial charge in [0, 0.05) is 18.5 Å². The first-order valence-corrected chi connectivity index (χ1v) is 7.90. The van der Waals surface area contributed by atoms with E-state index in [0.29, 0.717) is 0 Å². The van der Waals surface area contributed by atoms with Crippen LogP contribution in [-0.4, -0.2) is 55.2 Å². The molecular weight excluding hydrogens is 276 g/mol. The van der Waals surface area contributed by atoms with Crippen molar-refractivity contribution in [2.24, 2.45) is 0 Å². The molecule has 1 fully saturated rings. The fourth-order valence-corrected chi connectivity index (χ4v) is 2.85. The maximum atomic E-state index is 12.2. The van der Waals surface area contributed by atoms with E-state index < -0.39 is 5.60 Å². The van der Waals surface area contributed by atoms with E-state index in [4.69, 9.17) is 4.74 Å². The number of benzene rings is 1. The van der Waals surface area contributed by atoms with Crippen LogP contribution in [0.2, 0.25) is 0 Å². The van der Waals surface area contributed by atoms with E-state index in [1.807, 2.05) is 31.7 Å². The predicted octanol–water partition coefficient (Wildman–Crippen LogP) is 3.13. The molecule has 0 N–H and O–H groups in total. The van der Waals surface area contributed by atoms with Gasteiger partial charge in [0.25, 0.3) is 0 Å². The lowest BCUT2D eigenvalue weighted by atomic mass is 9.71. The number of amides is 1. The zero-order chi connectivity index (χ0) is 16.4. The molecule has 4 nitrogen and oxygen atoms in total. The normalized spacial score (nSPS) is 17.3. The van der Waals surface area contributed by atoms with E-state index >= 15 is 0 Å². The van der Waals surface area contributed by atoms with Gasteiger partial charge in [0.1, 0.15) is 5.60 Å². The van der Waals surface area contributed by atoms with E-state index in [1.165, 1.54) is 5.56 Å². The highest BCUT2D eigenvalue weighted by atomic mass is 16.6. The van der Waals surface area contributed by atoms with Crippen molar-refractivity contribution in [3.05, 3.63) is 35.9 Å². The minimum absolute atomic E-state index is 0.0580. The Morgan fingerprint density at radius 3 is 2.32 bits per heavy atom. The molecule has 1 saturated heterocycles. The molecule has 0 saturated carbocycles. The van der Waals surface area contributed by atoms with Gasteiger partial charge in [0.2, 0.25) is 0 Å². The zero-order valence-electron chi connectivity index (χ0n) is 14.4. The van der Waals surface area contributed by atoms with Gasteiger partial charge < -0.3 is 14.5 Å². The molecule has 1 aliphatic heterocycles. The summed E-state index contributed by atoms with van der Waals surface area (Å²) in [5, 5.41) is 0. The summed E-state index contributed by atoms with van der Waals surface area (Å²) in [6.07, 6.45) is 0.840. The molecule has 0 spiro atoms. The maximum absolute atomic E-state index is 12.2. The Morgan fingerprint density at radius 1 is 1.23 bits per heavy atom. The van der Waals surface area contributed by atoms with Crippen LogP contribution in [0.25, 0.3) is 0 Å². The average molecular weight is 304 g/mol. The highest BCUT2D eigenvalue weighted by molar-refractivity contribution is 5.70. The molecule has 0 aliphatic carbocycles. The molecule has 0 bridgehead atoms. The van der Waals surface area contributed by atoms with Gasteiger partial charge in [0.15, 0.2) is 0 Å². The van der Waals surface area contributed by atoms with Gasteiger partial charge in [-0.2, -0.15) is 0 Å². The minimum atomic E-state index is -0.439. The number of carbonyl (C=O) groups is 1. The van der Waals surface area contributed by atoms with Crippen LogP contribution in [0.5, 0.6) is 0 Å². The van der Waals surface area contributed by atoms with E-state index in [-0.39, 0.29) is 11.5 Å². The van der Waals surface area contributed by atoms with E-state index in [9.17, 15) is 4.79 Å². The lowest BCUT2D eigenvalue weighted by Crippen LogP contribution is -2.62. The van der Waals surface area contributed by atoms with Crippen LogP contribution >= 0.6 is 0 Å². The SMILES string of the molecule is CN(C)CCC1(c2ccccc2)CN(C(=O)OC(C)(C)C)C1. The fraction of sp³-hybridized carbons (Fsp3) is 0.611. The molecule has 2 rings (SSSR count). The number of hydrogen-bond donors (Lipinski definition) is 0. The van der Waals surface area contributed by atoms with Crippen molar-refractivity contribution in [1.29, 1.82) is 0 Å². The molecule has 0 radical (unpaired) electrons. The maximum Gasteiger partial charge on any atom is 0.410 e. The monoisotopic (exact) mass is 304 g/mol. The molecule has 1 heterocycles. The second-order valence-corrected chi connectivity index (χ2v) is 7.54. The standard InChI is InChI=1S/C18H28N2O2/c1-17(2,3)22-16(21)20-13-18(14-20,11-12-19(4)5)15-9-7-6-8-10-15/h6-10H,11-14H2,1-5H3. The van der Waals surface area contributed by atoms with Crippen LogP contribution in [0.1, 0.15) is 32.8 Å². The Morgan fingerprint density at radius 2 is 1.82 bits per heavy atom. The van der Waals surface area contributed by atoms with Gasteiger partial charge >= 0.3 is 6.09 Å². The Hall–Kier alpha value is -1.55. The molecule has 4 heteroatoms. The summed E-state index contributed by atoms with van der Waals surface area (Å²) in [7, 11) is 4.17. The molecule has 122 valence electrons. The highest BCUT2D eigenvalue weighted by Crippen LogP contribution is 2.38. The number of ether oxygens (including phenoxy) is 1. The summed E-state index contributed by atoms with van der Waals surface area (Å²) in [6, 6.07) is 10.5. The third-order valence-electron chi connectivity index (χ3n) is 4.06. The Labute approximate surface area is 134 Å². The summed E-state index contributed by atoms with van der Waals surface area (Å²) in [4.78, 5) is 16.2. The van der Waals surface area contributed by atoms with Crippen LogP contribution in [0.4, 0.5) is 4.79 Å². The lowest BCUT2D eigenvalue weighted by molar-refractivity contribution is -0.0129. The fourth-order valence-electron chi connectivity index (χ4n) is 2.85. The van der Waals surface area contributed by atoms with Crippen LogP contribution in [0.15, 0.2) is 30.3 Å². The second-order valence-electron chi connectivity index (χ2n) is 7.54. The third kappa shape index (κ3) is 4.01. The first-order chi connectivity index (χ1) is 10.2. The Kier molecular flexibility index (Phi) is 4.81. The lowest BCUT2D eigenvalue weighted by Gasteiger charge is -2.51. The van der Waals surface area contributed by atoms with Crippen molar-refractivity contribution in [3.8, 4) is 0 Å². The van der Waals surface area contributed by atoms with E-state index in [1.54, 1.807) is 0 Å². The largest absolute Gasteiger partial charge is 0.444 e. The van der Waals surface area contributed by atoms with Crippen LogP contribution in [-0.2, 0) is 10.2 Å². The predicted molar refractivity (Wildman–Crippen MR) is 89.1 cm³/mol. The highest BCUT2D eigenvalue weighted by Gasteiger charge is 2.47. The van der Waals surface area contributed by atoms with Crippen molar-refractivity contribution >= 4 is 6.09 Å². The van der Waals surface area contributed by atoms with Crippen LogP contribution < -0.4 is 0 Å². The molecule has 0 aromatic heterocycles. The van der Waals surface area contributed by atoms with Gasteiger partial charge in [-0.25, -0.2) is 4.79 Å². The molecule has 1 aromatic rings. The summed E-state index contributed by atoms with van der Waals surface area (Å²) < 4.78 is 5.47. The van der Waals surface area contributed by atoms with Crippen molar-refractivity contribution in [2.75, 3.05) is 33.7 Å². The van der Waals surface area contributed by atoms with Crippen molar-refractivity contribution < 1.29 is 9.53 Å². The number of carbonyl (C=O) groups excluding carboxylic acids is 1. The summed E-state index contributed by atoms with van der Waals surface area (Å²) in [5.74, 6) is 0. The van der Waals surface area contributed by atoms with Gasteiger partial charge in [-0.05, 0) is 53.4 Å². The third-order valence-corrected chi connectivity index (χ3v) is 4.06. The van der Waals surface area contributed by atoms with Gasteiger partial charge in [-0.15, -0.1) is 0 Å². The summed E-state index contributed by atoms with van der Waals surface area (Å²) in [6.45, 7) is 8.19. The smallest absolute Gasteiger partial charge is 0.410 e. The van der Waals surface area contributed by atoms with Crippen molar-refractivity contribution in [3.63, 3.8) is 0 Å². The molecule has 0 atom stereocenters. The topological polar surface area (TPSA) is 32.8 Å². The summed E-state index contributed by atoms with van der Waals surface area (Å²) >= 11 is 0. The quantitative estimate of drug-likeness (QED) is 0.857. The van der Waals surface area contributed by atoms with Gasteiger partial charge in [-0.1, -0.05) is 30.3 Å². The average Bonchev–Trinajstić information content (AvgIpc) is 2.36. The van der Waals surface area contributed by atoms with E-state index in [2.05, 4.69) is 43.3 Å². The number of likely N-dealkylation sites (tertiary alicyclic amines) is 1. The zero-order valence-corrected chi connectivity index (χ0v) is 14.4. The second kappa shape index (κ2) is 6.29. The molecule has 0 unspecified atom stereocenters. The number of hydrogen-bond acceptors (Lipinski definition) is 3. The number of rotatable bonds is 4. The molecule has 22 heavy (non-hydrogen) atoms. The summed E-state index contributed by atoms with van der Waals surface area (Å²) in [5.41, 5.74) is 0.936. The molecule has 1 aromatic carbocycles. The Bertz CT molecular complexity index is 500.